The zero-order valence-corrected chi connectivity index (χ0v) is 12.1. The van der Waals surface area contributed by atoms with Crippen molar-refractivity contribution in [3.8, 4) is 5.75 Å². The van der Waals surface area contributed by atoms with Crippen molar-refractivity contribution < 1.29 is 9.84 Å². The van der Waals surface area contributed by atoms with E-state index in [-0.39, 0.29) is 0 Å². The minimum Gasteiger partial charge on any atom is -0.497 e. The average molecular weight is 284 g/mol. The lowest BCUT2D eigenvalue weighted by Gasteiger charge is -2.13. The van der Waals surface area contributed by atoms with Crippen molar-refractivity contribution in [2.45, 2.75) is 12.5 Å². The number of methoxy groups -OCH3 is 1. The largest absolute Gasteiger partial charge is 0.497 e. The van der Waals surface area contributed by atoms with E-state index in [1.807, 2.05) is 36.4 Å². The van der Waals surface area contributed by atoms with Crippen LogP contribution in [-0.2, 0) is 6.42 Å². The third-order valence-electron chi connectivity index (χ3n) is 3.43. The summed E-state index contributed by atoms with van der Waals surface area (Å²) in [5.41, 5.74) is 2.07. The molecule has 1 N–H and O–H groups in total. The second-order valence-electron chi connectivity index (χ2n) is 4.76. The Balaban J connectivity index is 1.88. The maximum absolute atomic E-state index is 10.5. The maximum Gasteiger partial charge on any atom is 0.119 e. The first-order chi connectivity index (χ1) is 9.78. The molecule has 3 heteroatoms. The summed E-state index contributed by atoms with van der Waals surface area (Å²) in [5, 5.41) is 13.8. The quantitative estimate of drug-likeness (QED) is 0.778. The third-order valence-corrected chi connectivity index (χ3v) is 4.41. The van der Waals surface area contributed by atoms with Crippen LogP contribution in [0.5, 0.6) is 5.75 Å². The summed E-state index contributed by atoms with van der Waals surface area (Å²) in [5.74, 6) is 0.823. The van der Waals surface area contributed by atoms with Gasteiger partial charge in [-0.3, -0.25) is 0 Å². The second kappa shape index (κ2) is 5.65. The van der Waals surface area contributed by atoms with E-state index in [0.29, 0.717) is 6.42 Å². The number of benzene rings is 2. The summed E-state index contributed by atoms with van der Waals surface area (Å²) in [7, 11) is 1.65. The number of hydrogen-bond donors (Lipinski definition) is 1. The number of fused-ring (bicyclic) bond motifs is 1. The van der Waals surface area contributed by atoms with Crippen LogP contribution in [0.3, 0.4) is 0 Å². The highest BCUT2D eigenvalue weighted by Crippen LogP contribution is 2.31. The van der Waals surface area contributed by atoms with Gasteiger partial charge in [0.25, 0.3) is 0 Å². The van der Waals surface area contributed by atoms with E-state index in [9.17, 15) is 5.11 Å². The summed E-state index contributed by atoms with van der Waals surface area (Å²) in [6.07, 6.45) is 0.0956. The molecule has 2 nitrogen and oxygen atoms in total. The first-order valence-electron chi connectivity index (χ1n) is 6.55. The summed E-state index contributed by atoms with van der Waals surface area (Å²) >= 11 is 1.68. The van der Waals surface area contributed by atoms with Gasteiger partial charge in [-0.25, -0.2) is 0 Å². The fourth-order valence-electron chi connectivity index (χ4n) is 2.41. The number of ether oxygens (including phenoxy) is 1. The smallest absolute Gasteiger partial charge is 0.119 e. The molecule has 1 unspecified atom stereocenters. The highest BCUT2D eigenvalue weighted by Gasteiger charge is 2.13. The van der Waals surface area contributed by atoms with Crippen molar-refractivity contribution in [3.63, 3.8) is 0 Å². The van der Waals surface area contributed by atoms with E-state index in [1.54, 1.807) is 18.4 Å². The fourth-order valence-corrected chi connectivity index (χ4v) is 3.37. The Morgan fingerprint density at radius 1 is 1.15 bits per heavy atom. The van der Waals surface area contributed by atoms with Crippen LogP contribution >= 0.6 is 11.3 Å². The monoisotopic (exact) mass is 284 g/mol. The molecule has 0 aliphatic rings. The number of aliphatic hydroxyl groups excluding tert-OH is 1. The SMILES string of the molecule is COc1cccc(CC(O)c2cccc3ccsc23)c1. The van der Waals surface area contributed by atoms with Crippen LogP contribution in [0.4, 0.5) is 0 Å². The van der Waals surface area contributed by atoms with Crippen molar-refractivity contribution in [1.82, 2.24) is 0 Å². The van der Waals surface area contributed by atoms with Gasteiger partial charge in [-0.2, -0.15) is 0 Å². The number of thiophene rings is 1. The van der Waals surface area contributed by atoms with Gasteiger partial charge in [0.2, 0.25) is 0 Å². The number of hydrogen-bond acceptors (Lipinski definition) is 3. The molecule has 0 amide bonds. The predicted molar refractivity (Wildman–Crippen MR) is 83.5 cm³/mol. The van der Waals surface area contributed by atoms with E-state index >= 15 is 0 Å². The van der Waals surface area contributed by atoms with Crippen LogP contribution in [0.2, 0.25) is 0 Å². The fraction of sp³-hybridized carbons (Fsp3) is 0.176. The summed E-state index contributed by atoms with van der Waals surface area (Å²) < 4.78 is 6.39. The molecule has 2 aromatic carbocycles. The molecule has 0 aliphatic carbocycles. The molecule has 0 radical (unpaired) electrons. The normalized spacial score (nSPS) is 12.5. The Kier molecular flexibility index (Phi) is 3.72. The Morgan fingerprint density at radius 3 is 2.85 bits per heavy atom. The van der Waals surface area contributed by atoms with Gasteiger partial charge in [0.15, 0.2) is 0 Å². The Labute approximate surface area is 122 Å². The van der Waals surface area contributed by atoms with Crippen molar-refractivity contribution in [2.24, 2.45) is 0 Å². The molecule has 20 heavy (non-hydrogen) atoms. The molecule has 102 valence electrons. The number of aliphatic hydroxyl groups is 1. The van der Waals surface area contributed by atoms with Gasteiger partial charge in [-0.15, -0.1) is 11.3 Å². The molecule has 3 aromatic rings. The van der Waals surface area contributed by atoms with Crippen molar-refractivity contribution >= 4 is 21.4 Å². The zero-order chi connectivity index (χ0) is 13.9. The molecule has 3 rings (SSSR count). The summed E-state index contributed by atoms with van der Waals surface area (Å²) in [6.45, 7) is 0. The summed E-state index contributed by atoms with van der Waals surface area (Å²) in [6, 6.07) is 16.0. The van der Waals surface area contributed by atoms with E-state index in [2.05, 4.69) is 17.5 Å². The van der Waals surface area contributed by atoms with Crippen molar-refractivity contribution in [2.75, 3.05) is 7.11 Å². The number of rotatable bonds is 4. The van der Waals surface area contributed by atoms with Gasteiger partial charge in [-0.1, -0.05) is 30.3 Å². The molecule has 0 spiro atoms. The van der Waals surface area contributed by atoms with Gasteiger partial charge >= 0.3 is 0 Å². The molecule has 0 fully saturated rings. The standard InChI is InChI=1S/C17H16O2S/c1-19-14-6-2-4-12(10-14)11-16(18)15-7-3-5-13-8-9-20-17(13)15/h2-10,16,18H,11H2,1H3. The molecule has 1 aromatic heterocycles. The molecular weight excluding hydrogens is 268 g/mol. The Hall–Kier alpha value is -1.84. The lowest BCUT2D eigenvalue weighted by atomic mass is 10.0. The molecular formula is C17H16O2S. The highest BCUT2D eigenvalue weighted by molar-refractivity contribution is 7.17. The predicted octanol–water partition coefficient (Wildman–Crippen LogP) is 4.19. The first kappa shape index (κ1) is 13.2. The van der Waals surface area contributed by atoms with Crippen LogP contribution in [-0.4, -0.2) is 12.2 Å². The lowest BCUT2D eigenvalue weighted by molar-refractivity contribution is 0.180. The average Bonchev–Trinajstić information content (AvgIpc) is 2.95. The van der Waals surface area contributed by atoms with E-state index in [4.69, 9.17) is 4.74 Å². The first-order valence-corrected chi connectivity index (χ1v) is 7.43. The van der Waals surface area contributed by atoms with Crippen LogP contribution in [0.15, 0.2) is 53.9 Å². The van der Waals surface area contributed by atoms with Crippen LogP contribution in [0.25, 0.3) is 10.1 Å². The third kappa shape index (κ3) is 2.55. The van der Waals surface area contributed by atoms with Gasteiger partial charge < -0.3 is 9.84 Å². The molecule has 0 saturated carbocycles. The Bertz CT molecular complexity index is 718. The van der Waals surface area contributed by atoms with E-state index in [1.165, 1.54) is 10.1 Å². The van der Waals surface area contributed by atoms with Gasteiger partial charge in [0.05, 0.1) is 13.2 Å². The van der Waals surface area contributed by atoms with Crippen LogP contribution < -0.4 is 4.74 Å². The van der Waals surface area contributed by atoms with Gasteiger partial charge in [-0.05, 0) is 40.1 Å². The maximum atomic E-state index is 10.5. The minimum absolute atomic E-state index is 0.496. The van der Waals surface area contributed by atoms with Crippen molar-refractivity contribution in [3.05, 3.63) is 65.0 Å². The highest BCUT2D eigenvalue weighted by atomic mass is 32.1. The minimum atomic E-state index is -0.496. The molecule has 0 aliphatic heterocycles. The van der Waals surface area contributed by atoms with Crippen LogP contribution in [0.1, 0.15) is 17.2 Å². The summed E-state index contributed by atoms with van der Waals surface area (Å²) in [4.78, 5) is 0. The Morgan fingerprint density at radius 2 is 2.00 bits per heavy atom. The second-order valence-corrected chi connectivity index (χ2v) is 5.67. The molecule has 0 saturated heterocycles. The molecule has 1 atom stereocenters. The topological polar surface area (TPSA) is 29.5 Å². The van der Waals surface area contributed by atoms with Crippen molar-refractivity contribution in [1.29, 1.82) is 0 Å². The zero-order valence-electron chi connectivity index (χ0n) is 11.2. The van der Waals surface area contributed by atoms with Gasteiger partial charge in [0, 0.05) is 11.1 Å². The lowest BCUT2D eigenvalue weighted by Crippen LogP contribution is -2.02. The molecule has 1 heterocycles. The van der Waals surface area contributed by atoms with E-state index < -0.39 is 6.10 Å². The van der Waals surface area contributed by atoms with Gasteiger partial charge in [0.1, 0.15) is 5.75 Å². The van der Waals surface area contributed by atoms with E-state index in [0.717, 1.165) is 16.9 Å². The molecule has 0 bridgehead atoms. The van der Waals surface area contributed by atoms with Crippen LogP contribution in [0, 0.1) is 0 Å².